The third-order valence-electron chi connectivity index (χ3n) is 3.83. The van der Waals surface area contributed by atoms with Gasteiger partial charge in [0.1, 0.15) is 5.75 Å². The molecule has 0 atom stereocenters. The Labute approximate surface area is 136 Å². The van der Waals surface area contributed by atoms with Gasteiger partial charge in [-0.25, -0.2) is 0 Å². The molecular formula is C15H22ClN3O3. The summed E-state index contributed by atoms with van der Waals surface area (Å²) in [6.07, 6.45) is 4.04. The summed E-state index contributed by atoms with van der Waals surface area (Å²) in [6.45, 7) is 0.278. The molecule has 1 saturated carbocycles. The number of ether oxygens (including phenoxy) is 1. The number of carbonyl (C=O) groups excluding carboxylic acids is 2. The fourth-order valence-corrected chi connectivity index (χ4v) is 2.60. The van der Waals surface area contributed by atoms with Gasteiger partial charge in [0, 0.05) is 12.1 Å². The molecule has 6 nitrogen and oxygen atoms in total. The lowest BCUT2D eigenvalue weighted by Gasteiger charge is -2.28. The van der Waals surface area contributed by atoms with Gasteiger partial charge in [0.2, 0.25) is 0 Å². The van der Waals surface area contributed by atoms with Gasteiger partial charge < -0.3 is 21.5 Å². The first-order valence-electron chi connectivity index (χ1n) is 7.08. The molecule has 5 N–H and O–H groups in total. The molecule has 22 heavy (non-hydrogen) atoms. The van der Waals surface area contributed by atoms with Gasteiger partial charge in [-0.3, -0.25) is 9.59 Å². The smallest absolute Gasteiger partial charge is 0.255 e. The van der Waals surface area contributed by atoms with Crippen molar-refractivity contribution in [2.24, 2.45) is 11.5 Å². The molecule has 0 aliphatic heterocycles. The third kappa shape index (κ3) is 4.61. The minimum atomic E-state index is -0.539. The second-order valence-electron chi connectivity index (χ2n) is 5.43. The highest BCUT2D eigenvalue weighted by Crippen LogP contribution is 2.29. The highest BCUT2D eigenvalue weighted by Gasteiger charge is 2.33. The number of carbonyl (C=O) groups is 2. The zero-order chi connectivity index (χ0) is 15.3. The minimum Gasteiger partial charge on any atom is -0.484 e. The summed E-state index contributed by atoms with van der Waals surface area (Å²) < 4.78 is 5.15. The number of halogens is 1. The Morgan fingerprint density at radius 2 is 1.77 bits per heavy atom. The number of nitrogens with two attached hydrogens (primary N) is 2. The molecule has 1 aromatic rings. The summed E-state index contributed by atoms with van der Waals surface area (Å²) in [6, 6.07) is 6.60. The molecule has 1 aliphatic rings. The Bertz CT molecular complexity index is 513. The van der Waals surface area contributed by atoms with Crippen LogP contribution in [-0.4, -0.2) is 30.5 Å². The lowest BCUT2D eigenvalue weighted by Crippen LogP contribution is -2.51. The summed E-state index contributed by atoms with van der Waals surface area (Å²) in [5, 5.41) is 3.05. The second kappa shape index (κ2) is 8.00. The molecule has 2 amide bonds. The first kappa shape index (κ1) is 18.3. The molecule has 1 aromatic carbocycles. The van der Waals surface area contributed by atoms with E-state index in [0.717, 1.165) is 25.7 Å². The highest BCUT2D eigenvalue weighted by molar-refractivity contribution is 5.94. The molecule has 0 aromatic heterocycles. The van der Waals surface area contributed by atoms with E-state index in [1.165, 1.54) is 0 Å². The van der Waals surface area contributed by atoms with Gasteiger partial charge in [-0.2, -0.15) is 0 Å². The summed E-state index contributed by atoms with van der Waals surface area (Å²) in [5.41, 5.74) is 11.1. The Balaban J connectivity index is 0.00000242. The number of hydrogen-bond donors (Lipinski definition) is 3. The van der Waals surface area contributed by atoms with Crippen LogP contribution in [0.3, 0.4) is 0 Å². The van der Waals surface area contributed by atoms with Gasteiger partial charge in [-0.15, -0.1) is 12.4 Å². The topological polar surface area (TPSA) is 107 Å². The quantitative estimate of drug-likeness (QED) is 0.723. The van der Waals surface area contributed by atoms with E-state index in [9.17, 15) is 9.59 Å². The molecule has 0 heterocycles. The van der Waals surface area contributed by atoms with E-state index in [-0.39, 0.29) is 30.5 Å². The van der Waals surface area contributed by atoms with Gasteiger partial charge in [0.25, 0.3) is 11.8 Å². The fraction of sp³-hybridized carbons (Fsp3) is 0.467. The van der Waals surface area contributed by atoms with Crippen LogP contribution in [0.1, 0.15) is 36.0 Å². The average Bonchev–Trinajstić information content (AvgIpc) is 2.94. The maximum atomic E-state index is 12.3. The number of benzene rings is 1. The van der Waals surface area contributed by atoms with E-state index in [0.29, 0.717) is 17.9 Å². The van der Waals surface area contributed by atoms with E-state index in [4.69, 9.17) is 16.2 Å². The Hall–Kier alpha value is -1.79. The highest BCUT2D eigenvalue weighted by atomic mass is 35.5. The number of nitrogens with one attached hydrogen (secondary N) is 1. The molecule has 1 fully saturated rings. The van der Waals surface area contributed by atoms with Gasteiger partial charge in [0.05, 0.1) is 5.54 Å². The molecule has 122 valence electrons. The second-order valence-corrected chi connectivity index (χ2v) is 5.43. The number of rotatable bonds is 6. The van der Waals surface area contributed by atoms with Gasteiger partial charge >= 0.3 is 0 Å². The summed E-state index contributed by atoms with van der Waals surface area (Å²) in [7, 11) is 0. The average molecular weight is 328 g/mol. The van der Waals surface area contributed by atoms with Gasteiger partial charge in [0.15, 0.2) is 6.61 Å². The van der Waals surface area contributed by atoms with E-state index < -0.39 is 5.91 Å². The fourth-order valence-electron chi connectivity index (χ4n) is 2.60. The first-order valence-corrected chi connectivity index (χ1v) is 7.08. The molecule has 7 heteroatoms. The van der Waals surface area contributed by atoms with Crippen molar-refractivity contribution in [2.75, 3.05) is 13.2 Å². The predicted octanol–water partition coefficient (Wildman–Crippen LogP) is 0.974. The van der Waals surface area contributed by atoms with E-state index in [1.54, 1.807) is 24.3 Å². The van der Waals surface area contributed by atoms with Crippen molar-refractivity contribution in [3.63, 3.8) is 0 Å². The van der Waals surface area contributed by atoms with E-state index in [1.807, 2.05) is 0 Å². The van der Waals surface area contributed by atoms with Crippen molar-refractivity contribution in [1.82, 2.24) is 5.32 Å². The van der Waals surface area contributed by atoms with Crippen molar-refractivity contribution < 1.29 is 14.3 Å². The lowest BCUT2D eigenvalue weighted by atomic mass is 9.97. The third-order valence-corrected chi connectivity index (χ3v) is 3.83. The monoisotopic (exact) mass is 327 g/mol. The van der Waals surface area contributed by atoms with Crippen molar-refractivity contribution in [2.45, 2.75) is 31.2 Å². The van der Waals surface area contributed by atoms with E-state index in [2.05, 4.69) is 5.32 Å². The molecule has 0 spiro atoms. The molecule has 1 aliphatic carbocycles. The van der Waals surface area contributed by atoms with Crippen LogP contribution in [0.4, 0.5) is 0 Å². The van der Waals surface area contributed by atoms with Crippen LogP contribution < -0.4 is 21.5 Å². The van der Waals surface area contributed by atoms with Crippen molar-refractivity contribution in [3.05, 3.63) is 29.8 Å². The maximum absolute atomic E-state index is 12.3. The minimum absolute atomic E-state index is 0. The number of primary amides is 1. The molecule has 0 saturated heterocycles. The first-order chi connectivity index (χ1) is 10.0. The van der Waals surface area contributed by atoms with Crippen LogP contribution >= 0.6 is 12.4 Å². The summed E-state index contributed by atoms with van der Waals surface area (Å²) in [5.74, 6) is -0.175. The molecular weight excluding hydrogens is 306 g/mol. The van der Waals surface area contributed by atoms with Crippen LogP contribution in [0.5, 0.6) is 5.75 Å². The zero-order valence-electron chi connectivity index (χ0n) is 12.3. The largest absolute Gasteiger partial charge is 0.484 e. The molecule has 0 unspecified atom stereocenters. The van der Waals surface area contributed by atoms with Crippen LogP contribution in [0.2, 0.25) is 0 Å². The zero-order valence-corrected chi connectivity index (χ0v) is 13.2. The van der Waals surface area contributed by atoms with Crippen LogP contribution in [-0.2, 0) is 4.79 Å². The van der Waals surface area contributed by atoms with Gasteiger partial charge in [-0.05, 0) is 37.1 Å². The molecule has 0 radical (unpaired) electrons. The van der Waals surface area contributed by atoms with Crippen molar-refractivity contribution in [1.29, 1.82) is 0 Å². The summed E-state index contributed by atoms with van der Waals surface area (Å²) in [4.78, 5) is 22.9. The molecule has 2 rings (SSSR count). The Kier molecular flexibility index (Phi) is 6.64. The Morgan fingerprint density at radius 3 is 2.27 bits per heavy atom. The normalized spacial score (nSPS) is 15.7. The van der Waals surface area contributed by atoms with Gasteiger partial charge in [-0.1, -0.05) is 12.8 Å². The Morgan fingerprint density at radius 1 is 1.18 bits per heavy atom. The van der Waals surface area contributed by atoms with Crippen LogP contribution in [0, 0.1) is 0 Å². The number of amides is 2. The van der Waals surface area contributed by atoms with E-state index >= 15 is 0 Å². The predicted molar refractivity (Wildman–Crippen MR) is 86.1 cm³/mol. The SMILES string of the molecule is Cl.NCC1(NC(=O)c2ccc(OCC(N)=O)cc2)CCCC1. The number of hydrogen-bond acceptors (Lipinski definition) is 4. The maximum Gasteiger partial charge on any atom is 0.255 e. The summed E-state index contributed by atoms with van der Waals surface area (Å²) >= 11 is 0. The van der Waals surface area contributed by atoms with Crippen molar-refractivity contribution in [3.8, 4) is 5.75 Å². The van der Waals surface area contributed by atoms with Crippen molar-refractivity contribution >= 4 is 24.2 Å². The standard InChI is InChI=1S/C15H21N3O3.ClH/c16-10-15(7-1-2-8-15)18-14(20)11-3-5-12(6-4-11)21-9-13(17)19;/h3-6H,1-2,7-10,16H2,(H2,17,19)(H,18,20);1H. The van der Waals surface area contributed by atoms with Crippen LogP contribution in [0.25, 0.3) is 0 Å². The molecule has 0 bridgehead atoms. The lowest BCUT2D eigenvalue weighted by molar-refractivity contribution is -0.119. The van der Waals surface area contributed by atoms with Crippen LogP contribution in [0.15, 0.2) is 24.3 Å².